The van der Waals surface area contributed by atoms with E-state index in [1.165, 1.54) is 23.5 Å². The van der Waals surface area contributed by atoms with Crippen molar-refractivity contribution in [3.8, 4) is 11.3 Å². The Morgan fingerprint density at radius 2 is 1.92 bits per heavy atom. The van der Waals surface area contributed by atoms with Crippen LogP contribution in [0.25, 0.3) is 11.3 Å². The molecule has 24 heavy (non-hydrogen) atoms. The molecule has 0 aliphatic heterocycles. The van der Waals surface area contributed by atoms with Gasteiger partial charge in [-0.3, -0.25) is 4.79 Å². The van der Waals surface area contributed by atoms with Crippen LogP contribution in [0.3, 0.4) is 0 Å². The van der Waals surface area contributed by atoms with Gasteiger partial charge in [-0.25, -0.2) is 13.8 Å². The van der Waals surface area contributed by atoms with Gasteiger partial charge < -0.3 is 5.32 Å². The molecular weight excluding hydrogens is 330 g/mol. The van der Waals surface area contributed by atoms with Gasteiger partial charge in [0.1, 0.15) is 11.6 Å². The van der Waals surface area contributed by atoms with Crippen LogP contribution in [0.4, 0.5) is 13.9 Å². The van der Waals surface area contributed by atoms with E-state index in [0.717, 1.165) is 17.2 Å². The van der Waals surface area contributed by atoms with E-state index in [-0.39, 0.29) is 17.9 Å². The maximum Gasteiger partial charge on any atom is 0.230 e. The van der Waals surface area contributed by atoms with Crippen molar-refractivity contribution in [2.45, 2.75) is 13.3 Å². The van der Waals surface area contributed by atoms with Crippen molar-refractivity contribution in [3.05, 3.63) is 70.6 Å². The molecule has 2 aromatic carbocycles. The highest BCUT2D eigenvalue weighted by Crippen LogP contribution is 2.27. The highest BCUT2D eigenvalue weighted by atomic mass is 32.1. The number of amides is 1. The molecule has 0 aliphatic rings. The van der Waals surface area contributed by atoms with Crippen LogP contribution >= 0.6 is 11.3 Å². The summed E-state index contributed by atoms with van der Waals surface area (Å²) in [5, 5.41) is 4.70. The van der Waals surface area contributed by atoms with Crippen LogP contribution in [-0.4, -0.2) is 10.9 Å². The Balaban J connectivity index is 1.69. The Bertz CT molecular complexity index is 875. The average molecular weight is 344 g/mol. The third kappa shape index (κ3) is 3.83. The molecule has 3 rings (SSSR count). The standard InChI is InChI=1S/C18H14F2N2OS/c1-11-2-4-12(5-3-11)8-17(23)22-18-21-16(10-24-18)14-7-6-13(19)9-15(14)20/h2-7,9-10H,8H2,1H3,(H,21,22,23). The topological polar surface area (TPSA) is 42.0 Å². The van der Waals surface area contributed by atoms with Crippen LogP contribution < -0.4 is 5.32 Å². The number of thiazole rings is 1. The summed E-state index contributed by atoms with van der Waals surface area (Å²) in [6.45, 7) is 1.98. The molecule has 1 amide bonds. The number of aryl methyl sites for hydroxylation is 1. The van der Waals surface area contributed by atoms with Crippen LogP contribution in [-0.2, 0) is 11.2 Å². The summed E-state index contributed by atoms with van der Waals surface area (Å²) < 4.78 is 26.7. The van der Waals surface area contributed by atoms with Gasteiger partial charge in [0, 0.05) is 17.0 Å². The minimum Gasteiger partial charge on any atom is -0.302 e. The van der Waals surface area contributed by atoms with Crippen molar-refractivity contribution in [1.29, 1.82) is 0 Å². The summed E-state index contributed by atoms with van der Waals surface area (Å²) in [6.07, 6.45) is 0.236. The van der Waals surface area contributed by atoms with E-state index in [4.69, 9.17) is 0 Å². The molecule has 0 bridgehead atoms. The number of halogens is 2. The summed E-state index contributed by atoms with van der Waals surface area (Å²) in [5.74, 6) is -1.52. The van der Waals surface area contributed by atoms with E-state index >= 15 is 0 Å². The third-order valence-electron chi connectivity index (χ3n) is 3.44. The largest absolute Gasteiger partial charge is 0.302 e. The molecular formula is C18H14F2N2OS. The van der Waals surface area contributed by atoms with Crippen molar-refractivity contribution in [3.63, 3.8) is 0 Å². The quantitative estimate of drug-likeness (QED) is 0.753. The molecule has 0 saturated carbocycles. The number of benzene rings is 2. The van der Waals surface area contributed by atoms with Gasteiger partial charge in [0.2, 0.25) is 5.91 Å². The zero-order valence-electron chi connectivity index (χ0n) is 12.8. The van der Waals surface area contributed by atoms with E-state index < -0.39 is 11.6 Å². The Morgan fingerprint density at radius 3 is 2.62 bits per heavy atom. The van der Waals surface area contributed by atoms with Crippen molar-refractivity contribution < 1.29 is 13.6 Å². The predicted molar refractivity (Wildman–Crippen MR) is 91.0 cm³/mol. The maximum absolute atomic E-state index is 13.8. The molecule has 0 radical (unpaired) electrons. The van der Waals surface area contributed by atoms with E-state index in [2.05, 4.69) is 10.3 Å². The lowest BCUT2D eigenvalue weighted by Gasteiger charge is -2.03. The third-order valence-corrected chi connectivity index (χ3v) is 4.20. The van der Waals surface area contributed by atoms with Crippen molar-refractivity contribution >= 4 is 22.4 Å². The first kappa shape index (κ1) is 16.3. The van der Waals surface area contributed by atoms with Crippen LogP contribution in [0.1, 0.15) is 11.1 Å². The minimum atomic E-state index is -0.683. The number of hydrogen-bond donors (Lipinski definition) is 1. The van der Waals surface area contributed by atoms with Crippen molar-refractivity contribution in [2.75, 3.05) is 5.32 Å². The zero-order chi connectivity index (χ0) is 17.1. The number of aromatic nitrogens is 1. The average Bonchev–Trinajstić information content (AvgIpc) is 2.97. The van der Waals surface area contributed by atoms with Crippen molar-refractivity contribution in [1.82, 2.24) is 4.98 Å². The summed E-state index contributed by atoms with van der Waals surface area (Å²) in [7, 11) is 0. The van der Waals surface area contributed by atoms with E-state index in [1.807, 2.05) is 31.2 Å². The fourth-order valence-electron chi connectivity index (χ4n) is 2.21. The van der Waals surface area contributed by atoms with E-state index in [0.29, 0.717) is 10.8 Å². The Labute approximate surface area is 142 Å². The van der Waals surface area contributed by atoms with E-state index in [9.17, 15) is 13.6 Å². The molecule has 3 nitrogen and oxygen atoms in total. The fourth-order valence-corrected chi connectivity index (χ4v) is 2.93. The number of rotatable bonds is 4. The second kappa shape index (κ2) is 6.88. The molecule has 1 N–H and O–H groups in total. The summed E-state index contributed by atoms with van der Waals surface area (Å²) in [4.78, 5) is 16.2. The Morgan fingerprint density at radius 1 is 1.17 bits per heavy atom. The lowest BCUT2D eigenvalue weighted by Crippen LogP contribution is -2.14. The van der Waals surface area contributed by atoms with Gasteiger partial charge in [-0.1, -0.05) is 29.8 Å². The minimum absolute atomic E-state index is 0.195. The number of carbonyl (C=O) groups is 1. The fraction of sp³-hybridized carbons (Fsp3) is 0.111. The van der Waals surface area contributed by atoms with Gasteiger partial charge in [0.25, 0.3) is 0 Å². The SMILES string of the molecule is Cc1ccc(CC(=O)Nc2nc(-c3ccc(F)cc3F)cs2)cc1. The molecule has 0 saturated heterocycles. The van der Waals surface area contributed by atoms with Crippen LogP contribution in [0.2, 0.25) is 0 Å². The lowest BCUT2D eigenvalue weighted by atomic mass is 10.1. The molecule has 0 atom stereocenters. The van der Waals surface area contributed by atoms with Gasteiger partial charge in [0.05, 0.1) is 12.1 Å². The van der Waals surface area contributed by atoms with Gasteiger partial charge in [-0.15, -0.1) is 11.3 Å². The predicted octanol–water partition coefficient (Wildman–Crippen LogP) is 4.58. The van der Waals surface area contributed by atoms with Crippen LogP contribution in [0, 0.1) is 18.6 Å². The second-order valence-electron chi connectivity index (χ2n) is 5.37. The number of anilines is 1. The number of carbonyl (C=O) groups excluding carboxylic acids is 1. The lowest BCUT2D eigenvalue weighted by molar-refractivity contribution is -0.115. The molecule has 1 aromatic heterocycles. The smallest absolute Gasteiger partial charge is 0.230 e. The molecule has 0 spiro atoms. The molecule has 6 heteroatoms. The summed E-state index contributed by atoms with van der Waals surface area (Å²) in [6, 6.07) is 11.0. The van der Waals surface area contributed by atoms with Gasteiger partial charge in [-0.05, 0) is 24.6 Å². The van der Waals surface area contributed by atoms with Gasteiger partial charge in [0.15, 0.2) is 5.13 Å². The number of nitrogens with zero attached hydrogens (tertiary/aromatic N) is 1. The molecule has 0 aliphatic carbocycles. The monoisotopic (exact) mass is 344 g/mol. The first-order valence-electron chi connectivity index (χ1n) is 7.27. The maximum atomic E-state index is 13.8. The Hall–Kier alpha value is -2.60. The summed E-state index contributed by atoms with van der Waals surface area (Å²) in [5.41, 5.74) is 2.60. The number of hydrogen-bond acceptors (Lipinski definition) is 3. The first-order chi connectivity index (χ1) is 11.5. The number of nitrogens with one attached hydrogen (secondary N) is 1. The molecule has 122 valence electrons. The van der Waals surface area contributed by atoms with Crippen LogP contribution in [0.15, 0.2) is 47.8 Å². The van der Waals surface area contributed by atoms with E-state index in [1.54, 1.807) is 5.38 Å². The van der Waals surface area contributed by atoms with Crippen LogP contribution in [0.5, 0.6) is 0 Å². The zero-order valence-corrected chi connectivity index (χ0v) is 13.7. The van der Waals surface area contributed by atoms with Gasteiger partial charge >= 0.3 is 0 Å². The van der Waals surface area contributed by atoms with Gasteiger partial charge in [-0.2, -0.15) is 0 Å². The second-order valence-corrected chi connectivity index (χ2v) is 6.23. The van der Waals surface area contributed by atoms with Crippen molar-refractivity contribution in [2.24, 2.45) is 0 Å². The highest BCUT2D eigenvalue weighted by Gasteiger charge is 2.12. The molecule has 0 unspecified atom stereocenters. The summed E-state index contributed by atoms with van der Waals surface area (Å²) >= 11 is 1.20. The molecule has 1 heterocycles. The Kier molecular flexibility index (Phi) is 4.66. The highest BCUT2D eigenvalue weighted by molar-refractivity contribution is 7.14. The first-order valence-corrected chi connectivity index (χ1v) is 8.15. The molecule has 3 aromatic rings. The normalized spacial score (nSPS) is 10.6. The molecule has 0 fully saturated rings.